The van der Waals surface area contributed by atoms with Gasteiger partial charge in [0.2, 0.25) is 12.5 Å². The number of benzene rings is 2. The van der Waals surface area contributed by atoms with Crippen LogP contribution in [-0.2, 0) is 0 Å². The summed E-state index contributed by atoms with van der Waals surface area (Å²) < 4.78 is 21.6. The molecule has 6 heteroatoms. The van der Waals surface area contributed by atoms with Crippen LogP contribution < -0.4 is 18.9 Å². The third kappa shape index (κ3) is 2.32. The summed E-state index contributed by atoms with van der Waals surface area (Å²) in [5, 5.41) is 7.26. The van der Waals surface area contributed by atoms with Gasteiger partial charge in [0, 0.05) is 11.1 Å². The van der Waals surface area contributed by atoms with Crippen molar-refractivity contribution in [2.24, 2.45) is 0 Å². The maximum Gasteiger partial charge on any atom is 0.231 e. The molecule has 0 aliphatic carbocycles. The largest absolute Gasteiger partial charge is 0.497 e. The zero-order valence-corrected chi connectivity index (χ0v) is 13.3. The maximum absolute atomic E-state index is 5.50. The van der Waals surface area contributed by atoms with Gasteiger partial charge in [-0.2, -0.15) is 5.10 Å². The van der Waals surface area contributed by atoms with Crippen molar-refractivity contribution in [3.8, 4) is 45.4 Å². The highest BCUT2D eigenvalue weighted by molar-refractivity contribution is 5.82. The van der Waals surface area contributed by atoms with E-state index < -0.39 is 0 Å². The number of nitrogens with one attached hydrogen (secondary N) is 1. The minimum atomic E-state index is 0.198. The Morgan fingerprint density at radius 2 is 1.83 bits per heavy atom. The Labute approximate surface area is 138 Å². The smallest absolute Gasteiger partial charge is 0.231 e. The van der Waals surface area contributed by atoms with Gasteiger partial charge in [0.1, 0.15) is 5.75 Å². The Kier molecular flexibility index (Phi) is 3.49. The predicted octanol–water partition coefficient (Wildman–Crippen LogP) is 3.49. The summed E-state index contributed by atoms with van der Waals surface area (Å²) in [6.07, 6.45) is 1.80. The molecule has 3 aromatic rings. The average Bonchev–Trinajstić information content (AvgIpc) is 3.29. The minimum absolute atomic E-state index is 0.198. The molecule has 0 spiro atoms. The molecular weight excluding hydrogens is 308 g/mol. The first kappa shape index (κ1) is 14.4. The van der Waals surface area contributed by atoms with Gasteiger partial charge in [-0.15, -0.1) is 0 Å². The van der Waals surface area contributed by atoms with Crippen LogP contribution in [0, 0.1) is 0 Å². The Balaban J connectivity index is 1.80. The van der Waals surface area contributed by atoms with Gasteiger partial charge >= 0.3 is 0 Å². The molecule has 1 N–H and O–H groups in total. The van der Waals surface area contributed by atoms with Crippen LogP contribution in [0.25, 0.3) is 22.4 Å². The summed E-state index contributed by atoms with van der Waals surface area (Å²) in [5.41, 5.74) is 3.82. The molecule has 0 saturated heterocycles. The summed E-state index contributed by atoms with van der Waals surface area (Å²) in [7, 11) is 3.26. The molecule has 122 valence electrons. The lowest BCUT2D eigenvalue weighted by molar-refractivity contribution is 0.171. The van der Waals surface area contributed by atoms with Crippen molar-refractivity contribution in [2.75, 3.05) is 21.0 Å². The minimum Gasteiger partial charge on any atom is -0.497 e. The van der Waals surface area contributed by atoms with E-state index in [4.69, 9.17) is 18.9 Å². The first-order valence-corrected chi connectivity index (χ1v) is 7.46. The Hall–Kier alpha value is -3.15. The van der Waals surface area contributed by atoms with Crippen molar-refractivity contribution < 1.29 is 18.9 Å². The van der Waals surface area contributed by atoms with Gasteiger partial charge in [0.15, 0.2) is 11.5 Å². The van der Waals surface area contributed by atoms with Gasteiger partial charge in [-0.1, -0.05) is 12.1 Å². The number of hydrogen-bond donors (Lipinski definition) is 1. The average molecular weight is 324 g/mol. The molecule has 1 aliphatic rings. The van der Waals surface area contributed by atoms with E-state index in [-0.39, 0.29) is 6.79 Å². The number of aromatic amines is 1. The number of ether oxygens (including phenoxy) is 4. The molecule has 4 rings (SSSR count). The Morgan fingerprint density at radius 1 is 1.00 bits per heavy atom. The van der Waals surface area contributed by atoms with E-state index in [1.807, 2.05) is 36.4 Å². The fourth-order valence-electron chi connectivity index (χ4n) is 2.77. The summed E-state index contributed by atoms with van der Waals surface area (Å²) in [5.74, 6) is 2.75. The highest BCUT2D eigenvalue weighted by Crippen LogP contribution is 2.45. The highest BCUT2D eigenvalue weighted by atomic mass is 16.7. The second-order valence-corrected chi connectivity index (χ2v) is 5.30. The molecule has 0 fully saturated rings. The lowest BCUT2D eigenvalue weighted by Gasteiger charge is -2.09. The second kappa shape index (κ2) is 5.81. The van der Waals surface area contributed by atoms with Crippen molar-refractivity contribution in [2.45, 2.75) is 0 Å². The molecule has 0 atom stereocenters. The van der Waals surface area contributed by atoms with Gasteiger partial charge in [-0.25, -0.2) is 0 Å². The predicted molar refractivity (Wildman–Crippen MR) is 88.7 cm³/mol. The normalized spacial score (nSPS) is 12.2. The van der Waals surface area contributed by atoms with Crippen molar-refractivity contribution in [3.05, 3.63) is 42.6 Å². The molecule has 0 bridgehead atoms. The number of methoxy groups -OCH3 is 2. The van der Waals surface area contributed by atoms with Crippen LogP contribution in [-0.4, -0.2) is 31.2 Å². The molecule has 0 radical (unpaired) electrons. The molecule has 1 aliphatic heterocycles. The summed E-state index contributed by atoms with van der Waals surface area (Å²) in [6.45, 7) is 0.198. The van der Waals surface area contributed by atoms with E-state index in [0.717, 1.165) is 28.1 Å². The standard InChI is InChI=1S/C18H16N2O4/c1-21-13-5-3-11(4-6-13)14-9-19-20-17(14)12-7-15(22-2)18-16(8-12)23-10-24-18/h3-9H,10H2,1-2H3,(H,19,20). The molecule has 2 heterocycles. The Morgan fingerprint density at radius 3 is 2.58 bits per heavy atom. The van der Waals surface area contributed by atoms with E-state index in [1.54, 1.807) is 20.4 Å². The molecule has 2 aromatic carbocycles. The first-order chi connectivity index (χ1) is 11.8. The zero-order valence-electron chi connectivity index (χ0n) is 13.3. The number of nitrogens with zero attached hydrogens (tertiary/aromatic N) is 1. The maximum atomic E-state index is 5.50. The quantitative estimate of drug-likeness (QED) is 0.796. The van der Waals surface area contributed by atoms with Gasteiger partial charge in [0.05, 0.1) is 26.1 Å². The molecule has 6 nitrogen and oxygen atoms in total. The van der Waals surface area contributed by atoms with Gasteiger partial charge < -0.3 is 18.9 Å². The molecule has 24 heavy (non-hydrogen) atoms. The fourth-order valence-corrected chi connectivity index (χ4v) is 2.77. The number of fused-ring (bicyclic) bond motifs is 1. The molecule has 0 unspecified atom stereocenters. The number of hydrogen-bond acceptors (Lipinski definition) is 5. The van der Waals surface area contributed by atoms with Crippen LogP contribution in [0.4, 0.5) is 0 Å². The molecular formula is C18H16N2O4. The van der Waals surface area contributed by atoms with E-state index in [0.29, 0.717) is 17.2 Å². The van der Waals surface area contributed by atoms with E-state index in [2.05, 4.69) is 10.2 Å². The van der Waals surface area contributed by atoms with E-state index in [9.17, 15) is 0 Å². The van der Waals surface area contributed by atoms with E-state index >= 15 is 0 Å². The van der Waals surface area contributed by atoms with Crippen LogP contribution >= 0.6 is 0 Å². The molecule has 1 aromatic heterocycles. The van der Waals surface area contributed by atoms with E-state index in [1.165, 1.54) is 0 Å². The first-order valence-electron chi connectivity index (χ1n) is 7.46. The second-order valence-electron chi connectivity index (χ2n) is 5.30. The number of aromatic nitrogens is 2. The van der Waals surface area contributed by atoms with Crippen LogP contribution in [0.5, 0.6) is 23.0 Å². The summed E-state index contributed by atoms with van der Waals surface area (Å²) in [4.78, 5) is 0. The van der Waals surface area contributed by atoms with Crippen LogP contribution in [0.3, 0.4) is 0 Å². The van der Waals surface area contributed by atoms with Crippen molar-refractivity contribution in [1.29, 1.82) is 0 Å². The fraction of sp³-hybridized carbons (Fsp3) is 0.167. The van der Waals surface area contributed by atoms with Crippen molar-refractivity contribution >= 4 is 0 Å². The Bertz CT molecular complexity index is 871. The zero-order chi connectivity index (χ0) is 16.5. The highest BCUT2D eigenvalue weighted by Gasteiger charge is 2.22. The third-order valence-corrected chi connectivity index (χ3v) is 3.99. The lowest BCUT2D eigenvalue weighted by Crippen LogP contribution is -1.93. The lowest BCUT2D eigenvalue weighted by atomic mass is 10.0. The van der Waals surface area contributed by atoms with Gasteiger partial charge in [-0.05, 0) is 29.8 Å². The van der Waals surface area contributed by atoms with Crippen LogP contribution in [0.2, 0.25) is 0 Å². The molecule has 0 saturated carbocycles. The number of H-pyrrole nitrogens is 1. The van der Waals surface area contributed by atoms with Crippen LogP contribution in [0.15, 0.2) is 42.6 Å². The van der Waals surface area contributed by atoms with Crippen LogP contribution in [0.1, 0.15) is 0 Å². The summed E-state index contributed by atoms with van der Waals surface area (Å²) >= 11 is 0. The monoisotopic (exact) mass is 324 g/mol. The third-order valence-electron chi connectivity index (χ3n) is 3.99. The van der Waals surface area contributed by atoms with Gasteiger partial charge in [-0.3, -0.25) is 5.10 Å². The topological polar surface area (TPSA) is 65.6 Å². The summed E-state index contributed by atoms with van der Waals surface area (Å²) in [6, 6.07) is 11.7. The van der Waals surface area contributed by atoms with Crippen molar-refractivity contribution in [1.82, 2.24) is 10.2 Å². The van der Waals surface area contributed by atoms with Crippen molar-refractivity contribution in [3.63, 3.8) is 0 Å². The molecule has 0 amide bonds. The van der Waals surface area contributed by atoms with Gasteiger partial charge in [0.25, 0.3) is 0 Å². The SMILES string of the molecule is COc1ccc(-c2cn[nH]c2-c2cc(OC)c3c(c2)OCO3)cc1. The number of rotatable bonds is 4.